The Morgan fingerprint density at radius 1 is 1.67 bits per heavy atom. The highest BCUT2D eigenvalue weighted by Gasteiger charge is 2.19. The number of carbonyl (C=O) groups is 1. The van der Waals surface area contributed by atoms with Crippen molar-refractivity contribution in [3.05, 3.63) is 0 Å². The fourth-order valence-corrected chi connectivity index (χ4v) is 0.436. The highest BCUT2D eigenvalue weighted by atomic mass is 16.5. The average Bonchev–Trinajstić information content (AvgIpc) is 1.63. The molecule has 0 aromatic rings. The summed E-state index contributed by atoms with van der Waals surface area (Å²) < 4.78 is 4.87. The van der Waals surface area contributed by atoms with Crippen molar-refractivity contribution in [2.24, 2.45) is 0 Å². The first kappa shape index (κ1) is 8.43. The van der Waals surface area contributed by atoms with Crippen molar-refractivity contribution in [1.29, 1.82) is 0 Å². The monoisotopic (exact) mass is 132 g/mol. The fraction of sp³-hybridized carbons (Fsp3) is 0.833. The molecule has 3 nitrogen and oxygen atoms in total. The highest BCUT2D eigenvalue weighted by molar-refractivity contribution is 5.67. The molecule has 0 amide bonds. The van der Waals surface area contributed by atoms with Crippen LogP contribution in [0.25, 0.3) is 0 Å². The summed E-state index contributed by atoms with van der Waals surface area (Å²) in [7, 11) is 1.50. The van der Waals surface area contributed by atoms with Crippen molar-refractivity contribution in [2.75, 3.05) is 7.11 Å². The molecule has 9 heavy (non-hydrogen) atoms. The molecule has 0 aliphatic carbocycles. The molecule has 0 unspecified atom stereocenters. The predicted octanol–water partition coefficient (Wildman–Crippen LogP) is 0.886. The van der Waals surface area contributed by atoms with Gasteiger partial charge in [0.05, 0.1) is 12.0 Å². The van der Waals surface area contributed by atoms with Gasteiger partial charge in [-0.2, -0.15) is 0 Å². The maximum Gasteiger partial charge on any atom is 0.306 e. The number of methoxy groups -OCH3 is 1. The van der Waals surface area contributed by atoms with Crippen LogP contribution >= 0.6 is 0 Å². The van der Waals surface area contributed by atoms with Gasteiger partial charge in [0, 0.05) is 7.11 Å². The minimum atomic E-state index is -0.832. The topological polar surface area (TPSA) is 46.5 Å². The molecule has 0 bridgehead atoms. The summed E-state index contributed by atoms with van der Waals surface area (Å²) in [6.07, 6.45) is 0.0451. The normalized spacial score (nSPS) is 11.4. The van der Waals surface area contributed by atoms with Crippen molar-refractivity contribution in [1.82, 2.24) is 0 Å². The summed E-state index contributed by atoms with van der Waals surface area (Å²) >= 11 is 0. The van der Waals surface area contributed by atoms with E-state index in [0.29, 0.717) is 0 Å². The maximum atomic E-state index is 10.1. The molecule has 0 radical (unpaired) electrons. The Bertz CT molecular complexity index is 107. The SMILES string of the molecule is COC(C)(C)CC(=O)O. The minimum absolute atomic E-state index is 0.0451. The molecule has 3 heteroatoms. The summed E-state index contributed by atoms with van der Waals surface area (Å²) in [5.41, 5.74) is -0.536. The Labute approximate surface area is 54.6 Å². The van der Waals surface area contributed by atoms with Gasteiger partial charge in [-0.05, 0) is 13.8 Å². The second-order valence-corrected chi connectivity index (χ2v) is 2.53. The van der Waals surface area contributed by atoms with Crippen LogP contribution in [-0.4, -0.2) is 23.8 Å². The molecule has 0 fully saturated rings. The maximum absolute atomic E-state index is 10.1. The number of ether oxygens (including phenoxy) is 1. The van der Waals surface area contributed by atoms with Crippen LogP contribution < -0.4 is 0 Å². The molecule has 0 aromatic heterocycles. The van der Waals surface area contributed by atoms with Crippen molar-refractivity contribution in [3.63, 3.8) is 0 Å². The third-order valence-electron chi connectivity index (χ3n) is 1.13. The van der Waals surface area contributed by atoms with E-state index in [2.05, 4.69) is 0 Å². The van der Waals surface area contributed by atoms with Gasteiger partial charge in [-0.1, -0.05) is 0 Å². The largest absolute Gasteiger partial charge is 0.481 e. The van der Waals surface area contributed by atoms with Crippen molar-refractivity contribution in [2.45, 2.75) is 25.9 Å². The highest BCUT2D eigenvalue weighted by Crippen LogP contribution is 2.11. The standard InChI is InChI=1S/C6H12O3/c1-6(2,9-3)4-5(7)8/h4H2,1-3H3,(H,7,8). The predicted molar refractivity (Wildman–Crippen MR) is 33.3 cm³/mol. The number of hydrogen-bond acceptors (Lipinski definition) is 2. The minimum Gasteiger partial charge on any atom is -0.481 e. The van der Waals surface area contributed by atoms with E-state index in [9.17, 15) is 4.79 Å². The van der Waals surface area contributed by atoms with E-state index in [1.165, 1.54) is 7.11 Å². The molecular weight excluding hydrogens is 120 g/mol. The zero-order chi connectivity index (χ0) is 7.49. The van der Waals surface area contributed by atoms with Gasteiger partial charge in [0.2, 0.25) is 0 Å². The van der Waals surface area contributed by atoms with Crippen LogP contribution in [0.1, 0.15) is 20.3 Å². The van der Waals surface area contributed by atoms with Crippen LogP contribution in [0.15, 0.2) is 0 Å². The quantitative estimate of drug-likeness (QED) is 0.620. The van der Waals surface area contributed by atoms with E-state index < -0.39 is 11.6 Å². The molecule has 0 aromatic carbocycles. The van der Waals surface area contributed by atoms with Crippen molar-refractivity contribution >= 4 is 5.97 Å². The van der Waals surface area contributed by atoms with Gasteiger partial charge in [-0.3, -0.25) is 4.79 Å². The molecule has 0 spiro atoms. The molecule has 0 saturated heterocycles. The number of carboxylic acid groups (broad SMARTS) is 1. The zero-order valence-electron chi connectivity index (χ0n) is 5.97. The number of carboxylic acids is 1. The second kappa shape index (κ2) is 2.82. The lowest BCUT2D eigenvalue weighted by Crippen LogP contribution is -2.25. The number of aliphatic carboxylic acids is 1. The first-order valence-electron chi connectivity index (χ1n) is 2.75. The van der Waals surface area contributed by atoms with E-state index in [1.54, 1.807) is 13.8 Å². The molecule has 0 aliphatic heterocycles. The smallest absolute Gasteiger partial charge is 0.306 e. The van der Waals surface area contributed by atoms with E-state index in [-0.39, 0.29) is 6.42 Å². The molecular formula is C6H12O3. The van der Waals surface area contributed by atoms with Crippen molar-refractivity contribution < 1.29 is 14.6 Å². The van der Waals surface area contributed by atoms with E-state index in [1.807, 2.05) is 0 Å². The summed E-state index contributed by atoms with van der Waals surface area (Å²) in [5.74, 6) is -0.832. The first-order valence-corrected chi connectivity index (χ1v) is 2.75. The lowest BCUT2D eigenvalue weighted by molar-refractivity contribution is -0.142. The molecule has 0 rings (SSSR count). The Balaban J connectivity index is 3.71. The van der Waals surface area contributed by atoms with Crippen LogP contribution in [0.3, 0.4) is 0 Å². The molecule has 54 valence electrons. The van der Waals surface area contributed by atoms with Gasteiger partial charge in [-0.25, -0.2) is 0 Å². The van der Waals surface area contributed by atoms with Crippen LogP contribution in [0.5, 0.6) is 0 Å². The lowest BCUT2D eigenvalue weighted by atomic mass is 10.1. The van der Waals surface area contributed by atoms with Gasteiger partial charge < -0.3 is 9.84 Å². The van der Waals surface area contributed by atoms with Gasteiger partial charge in [0.1, 0.15) is 0 Å². The Hall–Kier alpha value is -0.570. The van der Waals surface area contributed by atoms with Crippen LogP contribution in [-0.2, 0) is 9.53 Å². The lowest BCUT2D eigenvalue weighted by Gasteiger charge is -2.19. The molecule has 0 heterocycles. The average molecular weight is 132 g/mol. The summed E-state index contributed by atoms with van der Waals surface area (Å²) in [5, 5.41) is 8.30. The summed E-state index contributed by atoms with van der Waals surface area (Å²) in [4.78, 5) is 10.1. The van der Waals surface area contributed by atoms with Crippen LogP contribution in [0.4, 0.5) is 0 Å². The first-order chi connectivity index (χ1) is 3.98. The van der Waals surface area contributed by atoms with E-state index in [0.717, 1.165) is 0 Å². The van der Waals surface area contributed by atoms with Crippen LogP contribution in [0, 0.1) is 0 Å². The van der Waals surface area contributed by atoms with E-state index >= 15 is 0 Å². The van der Waals surface area contributed by atoms with Crippen molar-refractivity contribution in [3.8, 4) is 0 Å². The second-order valence-electron chi connectivity index (χ2n) is 2.53. The van der Waals surface area contributed by atoms with Crippen LogP contribution in [0.2, 0.25) is 0 Å². The molecule has 1 N–H and O–H groups in total. The molecule has 0 atom stereocenters. The van der Waals surface area contributed by atoms with E-state index in [4.69, 9.17) is 9.84 Å². The van der Waals surface area contributed by atoms with Gasteiger partial charge in [-0.15, -0.1) is 0 Å². The number of rotatable bonds is 3. The Morgan fingerprint density at radius 2 is 2.11 bits per heavy atom. The van der Waals surface area contributed by atoms with Gasteiger partial charge in [0.25, 0.3) is 0 Å². The molecule has 0 aliphatic rings. The zero-order valence-corrected chi connectivity index (χ0v) is 5.97. The Kier molecular flexibility index (Phi) is 2.65. The Morgan fingerprint density at radius 3 is 2.22 bits per heavy atom. The van der Waals surface area contributed by atoms with Gasteiger partial charge >= 0.3 is 5.97 Å². The third kappa shape index (κ3) is 3.97. The summed E-state index contributed by atoms with van der Waals surface area (Å²) in [6, 6.07) is 0. The molecule has 0 saturated carbocycles. The number of hydrogen-bond donors (Lipinski definition) is 1. The summed E-state index contributed by atoms with van der Waals surface area (Å²) in [6.45, 7) is 3.47. The third-order valence-corrected chi connectivity index (χ3v) is 1.13. The fourth-order valence-electron chi connectivity index (χ4n) is 0.436. The van der Waals surface area contributed by atoms with Gasteiger partial charge in [0.15, 0.2) is 0 Å².